The molecule has 0 rings (SSSR count). The standard InChI is InChI=1S/C7H14O3S/c1-3-4-5-7(2)6-11(8,9)10/h6H,3-5H2,1-2H3,(H,8,9,10). The van der Waals surface area contributed by atoms with Gasteiger partial charge in [0.05, 0.1) is 5.41 Å². The van der Waals surface area contributed by atoms with Crippen molar-refractivity contribution in [2.24, 2.45) is 0 Å². The minimum Gasteiger partial charge on any atom is -0.282 e. The van der Waals surface area contributed by atoms with Crippen LogP contribution in [-0.4, -0.2) is 13.0 Å². The molecule has 0 radical (unpaired) electrons. The van der Waals surface area contributed by atoms with Crippen LogP contribution in [0.2, 0.25) is 0 Å². The van der Waals surface area contributed by atoms with Crippen molar-refractivity contribution in [3.63, 3.8) is 0 Å². The van der Waals surface area contributed by atoms with Crippen molar-refractivity contribution < 1.29 is 13.0 Å². The SMILES string of the molecule is CCCCC(C)=CS(=O)(=O)O. The Labute approximate surface area is 67.9 Å². The second kappa shape index (κ2) is 4.51. The molecule has 0 aliphatic carbocycles. The minimum atomic E-state index is -3.92. The normalized spacial score (nSPS) is 13.5. The number of hydrogen-bond donors (Lipinski definition) is 1. The molecule has 0 aliphatic heterocycles. The molecule has 0 aliphatic rings. The number of rotatable bonds is 4. The Bertz CT molecular complexity index is 226. The summed E-state index contributed by atoms with van der Waals surface area (Å²) in [6.07, 6.45) is 2.71. The molecule has 0 saturated heterocycles. The summed E-state index contributed by atoms with van der Waals surface area (Å²) in [6.45, 7) is 3.73. The summed E-state index contributed by atoms with van der Waals surface area (Å²) in [5.41, 5.74) is 0.703. The monoisotopic (exact) mass is 178 g/mol. The summed E-state index contributed by atoms with van der Waals surface area (Å²) in [4.78, 5) is 0. The second-order valence-corrected chi connectivity index (χ2v) is 3.85. The van der Waals surface area contributed by atoms with Gasteiger partial charge >= 0.3 is 0 Å². The number of hydrogen-bond acceptors (Lipinski definition) is 2. The first-order chi connectivity index (χ1) is 4.95. The predicted molar refractivity (Wildman–Crippen MR) is 44.8 cm³/mol. The lowest BCUT2D eigenvalue weighted by Crippen LogP contribution is -1.92. The van der Waals surface area contributed by atoms with E-state index in [1.54, 1.807) is 6.92 Å². The smallest absolute Gasteiger partial charge is 0.282 e. The van der Waals surface area contributed by atoms with E-state index < -0.39 is 10.1 Å². The Morgan fingerprint density at radius 2 is 2.09 bits per heavy atom. The highest BCUT2D eigenvalue weighted by molar-refractivity contribution is 7.88. The Hall–Kier alpha value is -0.350. The van der Waals surface area contributed by atoms with Crippen LogP contribution in [0.5, 0.6) is 0 Å². The van der Waals surface area contributed by atoms with Gasteiger partial charge in [0.1, 0.15) is 0 Å². The van der Waals surface area contributed by atoms with Crippen molar-refractivity contribution in [1.29, 1.82) is 0 Å². The van der Waals surface area contributed by atoms with Crippen molar-refractivity contribution in [3.05, 3.63) is 11.0 Å². The molecule has 11 heavy (non-hydrogen) atoms. The second-order valence-electron chi connectivity index (χ2n) is 2.58. The molecule has 3 nitrogen and oxygen atoms in total. The predicted octanol–water partition coefficient (Wildman–Crippen LogP) is 1.97. The fourth-order valence-electron chi connectivity index (χ4n) is 0.769. The van der Waals surface area contributed by atoms with Crippen LogP contribution in [-0.2, 0) is 10.1 Å². The van der Waals surface area contributed by atoms with E-state index in [-0.39, 0.29) is 0 Å². The summed E-state index contributed by atoms with van der Waals surface area (Å²) >= 11 is 0. The molecule has 0 atom stereocenters. The van der Waals surface area contributed by atoms with Crippen molar-refractivity contribution in [2.75, 3.05) is 0 Å². The topological polar surface area (TPSA) is 54.4 Å². The molecule has 0 aromatic rings. The largest absolute Gasteiger partial charge is 0.287 e. The third-order valence-corrected chi connectivity index (χ3v) is 1.98. The Balaban J connectivity index is 4.02. The van der Waals surface area contributed by atoms with E-state index in [1.165, 1.54) is 0 Å². The highest BCUT2D eigenvalue weighted by Gasteiger charge is 1.98. The molecule has 0 spiro atoms. The van der Waals surface area contributed by atoms with E-state index in [2.05, 4.69) is 0 Å². The van der Waals surface area contributed by atoms with Crippen LogP contribution in [0.3, 0.4) is 0 Å². The van der Waals surface area contributed by atoms with Crippen molar-refractivity contribution >= 4 is 10.1 Å². The van der Waals surface area contributed by atoms with Crippen molar-refractivity contribution in [3.8, 4) is 0 Å². The van der Waals surface area contributed by atoms with E-state index in [0.29, 0.717) is 5.57 Å². The lowest BCUT2D eigenvalue weighted by Gasteiger charge is -1.96. The first-order valence-corrected chi connectivity index (χ1v) is 5.10. The zero-order valence-electron chi connectivity index (χ0n) is 6.87. The lowest BCUT2D eigenvalue weighted by molar-refractivity contribution is 0.494. The molecule has 0 bridgehead atoms. The number of unbranched alkanes of at least 4 members (excludes halogenated alkanes) is 1. The van der Waals surface area contributed by atoms with Crippen LogP contribution < -0.4 is 0 Å². The molecule has 1 N–H and O–H groups in total. The lowest BCUT2D eigenvalue weighted by atomic mass is 10.2. The van der Waals surface area contributed by atoms with Gasteiger partial charge in [0.15, 0.2) is 0 Å². The van der Waals surface area contributed by atoms with Crippen LogP contribution in [0, 0.1) is 0 Å². The van der Waals surface area contributed by atoms with Gasteiger partial charge in [-0.3, -0.25) is 4.55 Å². The highest BCUT2D eigenvalue weighted by Crippen LogP contribution is 2.07. The minimum absolute atomic E-state index is 0.703. The van der Waals surface area contributed by atoms with Crippen LogP contribution in [0.4, 0.5) is 0 Å². The number of allylic oxidation sites excluding steroid dienone is 1. The Morgan fingerprint density at radius 3 is 2.45 bits per heavy atom. The van der Waals surface area contributed by atoms with Crippen LogP contribution in [0.15, 0.2) is 11.0 Å². The molecule has 66 valence electrons. The van der Waals surface area contributed by atoms with Gasteiger partial charge in [0.2, 0.25) is 0 Å². The van der Waals surface area contributed by atoms with E-state index in [1.807, 2.05) is 6.92 Å². The zero-order chi connectivity index (χ0) is 8.91. The van der Waals surface area contributed by atoms with Gasteiger partial charge in [-0.1, -0.05) is 18.9 Å². The first-order valence-electron chi connectivity index (χ1n) is 3.60. The fourth-order valence-corrected chi connectivity index (χ4v) is 1.40. The maximum absolute atomic E-state index is 10.3. The summed E-state index contributed by atoms with van der Waals surface area (Å²) in [5, 5.41) is 0.905. The Kier molecular flexibility index (Phi) is 4.37. The maximum Gasteiger partial charge on any atom is 0.287 e. The third kappa shape index (κ3) is 7.55. The molecule has 0 unspecified atom stereocenters. The van der Waals surface area contributed by atoms with Gasteiger partial charge in [-0.05, 0) is 19.8 Å². The van der Waals surface area contributed by atoms with Gasteiger partial charge in [0.25, 0.3) is 10.1 Å². The molecule has 0 aromatic carbocycles. The molecule has 0 aromatic heterocycles. The van der Waals surface area contributed by atoms with Crippen LogP contribution in [0.1, 0.15) is 33.1 Å². The van der Waals surface area contributed by atoms with E-state index >= 15 is 0 Å². The maximum atomic E-state index is 10.3. The zero-order valence-corrected chi connectivity index (χ0v) is 7.69. The summed E-state index contributed by atoms with van der Waals surface area (Å²) in [5.74, 6) is 0. The molecule has 0 heterocycles. The van der Waals surface area contributed by atoms with Gasteiger partial charge in [-0.25, -0.2) is 0 Å². The molecule has 4 heteroatoms. The average molecular weight is 178 g/mol. The van der Waals surface area contributed by atoms with E-state index in [4.69, 9.17) is 4.55 Å². The summed E-state index contributed by atoms with van der Waals surface area (Å²) < 4.78 is 29.0. The van der Waals surface area contributed by atoms with E-state index in [0.717, 1.165) is 24.7 Å². The average Bonchev–Trinajstić information content (AvgIpc) is 1.79. The molecule has 0 fully saturated rings. The van der Waals surface area contributed by atoms with Gasteiger partial charge in [-0.2, -0.15) is 8.42 Å². The van der Waals surface area contributed by atoms with E-state index in [9.17, 15) is 8.42 Å². The van der Waals surface area contributed by atoms with Gasteiger partial charge < -0.3 is 0 Å². The summed E-state index contributed by atoms with van der Waals surface area (Å²) in [7, 11) is -3.92. The summed E-state index contributed by atoms with van der Waals surface area (Å²) in [6, 6.07) is 0. The van der Waals surface area contributed by atoms with Gasteiger partial charge in [-0.15, -0.1) is 0 Å². The van der Waals surface area contributed by atoms with Crippen molar-refractivity contribution in [2.45, 2.75) is 33.1 Å². The fraction of sp³-hybridized carbons (Fsp3) is 0.714. The molecular formula is C7H14O3S. The third-order valence-electron chi connectivity index (χ3n) is 1.27. The molecule has 0 amide bonds. The molecule has 0 saturated carbocycles. The van der Waals surface area contributed by atoms with Crippen LogP contribution >= 0.6 is 0 Å². The quantitative estimate of drug-likeness (QED) is 0.669. The molecular weight excluding hydrogens is 164 g/mol. The van der Waals surface area contributed by atoms with Gasteiger partial charge in [0, 0.05) is 0 Å². The first kappa shape index (κ1) is 10.7. The van der Waals surface area contributed by atoms with Crippen LogP contribution in [0.25, 0.3) is 0 Å². The highest BCUT2D eigenvalue weighted by atomic mass is 32.2. The van der Waals surface area contributed by atoms with Crippen molar-refractivity contribution in [1.82, 2.24) is 0 Å². The Morgan fingerprint density at radius 1 is 1.55 bits per heavy atom.